The summed E-state index contributed by atoms with van der Waals surface area (Å²) in [5, 5.41) is 3.19. The fourth-order valence-electron chi connectivity index (χ4n) is 4.05. The highest BCUT2D eigenvalue weighted by Crippen LogP contribution is 2.44. The number of amides is 2. The van der Waals surface area contributed by atoms with Gasteiger partial charge in [0.2, 0.25) is 0 Å². The van der Waals surface area contributed by atoms with Crippen LogP contribution in [0.2, 0.25) is 0 Å². The third-order valence-corrected chi connectivity index (χ3v) is 5.45. The lowest BCUT2D eigenvalue weighted by atomic mass is 9.78. The number of ether oxygens (including phenoxy) is 2. The van der Waals surface area contributed by atoms with Crippen LogP contribution in [0.3, 0.4) is 0 Å². The highest BCUT2D eigenvalue weighted by Gasteiger charge is 2.38. The number of urea groups is 1. The Balaban J connectivity index is 1.73. The zero-order chi connectivity index (χ0) is 17.0. The lowest BCUT2D eigenvalue weighted by Crippen LogP contribution is -2.53. The van der Waals surface area contributed by atoms with Crippen LogP contribution in [0.15, 0.2) is 24.3 Å². The molecule has 1 atom stereocenters. The van der Waals surface area contributed by atoms with Crippen molar-refractivity contribution < 1.29 is 14.3 Å². The van der Waals surface area contributed by atoms with E-state index in [2.05, 4.69) is 17.4 Å². The summed E-state index contributed by atoms with van der Waals surface area (Å²) < 4.78 is 11.0. The van der Waals surface area contributed by atoms with E-state index in [-0.39, 0.29) is 17.5 Å². The smallest absolute Gasteiger partial charge is 0.317 e. The van der Waals surface area contributed by atoms with Crippen LogP contribution in [0.4, 0.5) is 4.79 Å². The second-order valence-electron chi connectivity index (χ2n) is 6.96. The van der Waals surface area contributed by atoms with Crippen LogP contribution in [0.25, 0.3) is 0 Å². The van der Waals surface area contributed by atoms with E-state index in [4.69, 9.17) is 9.47 Å². The van der Waals surface area contributed by atoms with Crippen molar-refractivity contribution in [2.75, 3.05) is 33.4 Å². The van der Waals surface area contributed by atoms with Gasteiger partial charge in [-0.1, -0.05) is 31.0 Å². The third kappa shape index (κ3) is 3.36. The summed E-state index contributed by atoms with van der Waals surface area (Å²) in [6.07, 6.45) is 4.57. The number of carbonyl (C=O) groups excluding carboxylic acids is 1. The van der Waals surface area contributed by atoms with Crippen LogP contribution >= 0.6 is 0 Å². The van der Waals surface area contributed by atoms with Gasteiger partial charge in [-0.25, -0.2) is 4.79 Å². The number of hydrogen-bond acceptors (Lipinski definition) is 3. The van der Waals surface area contributed by atoms with Crippen molar-refractivity contribution in [1.29, 1.82) is 0 Å². The largest absolute Gasteiger partial charge is 0.496 e. The van der Waals surface area contributed by atoms with E-state index < -0.39 is 0 Å². The molecule has 1 aliphatic heterocycles. The second kappa shape index (κ2) is 7.43. The van der Waals surface area contributed by atoms with Gasteiger partial charge in [-0.3, -0.25) is 0 Å². The fourth-order valence-corrected chi connectivity index (χ4v) is 4.05. The summed E-state index contributed by atoms with van der Waals surface area (Å²) in [5.41, 5.74) is 1.21. The number of nitrogens with one attached hydrogen (secondary N) is 1. The predicted molar refractivity (Wildman–Crippen MR) is 93.5 cm³/mol. The maximum Gasteiger partial charge on any atom is 0.317 e. The Morgan fingerprint density at radius 1 is 1.38 bits per heavy atom. The number of carbonyl (C=O) groups is 1. The van der Waals surface area contributed by atoms with Gasteiger partial charge in [-0.15, -0.1) is 0 Å². The highest BCUT2D eigenvalue weighted by atomic mass is 16.5. The van der Waals surface area contributed by atoms with Gasteiger partial charge in [0.1, 0.15) is 5.75 Å². The van der Waals surface area contributed by atoms with Gasteiger partial charge < -0.3 is 19.7 Å². The summed E-state index contributed by atoms with van der Waals surface area (Å²) >= 11 is 0. The van der Waals surface area contributed by atoms with Crippen molar-refractivity contribution in [1.82, 2.24) is 10.2 Å². The Morgan fingerprint density at radius 2 is 2.12 bits per heavy atom. The monoisotopic (exact) mass is 332 g/mol. The van der Waals surface area contributed by atoms with Crippen LogP contribution in [-0.4, -0.2) is 50.4 Å². The van der Waals surface area contributed by atoms with E-state index in [1.54, 1.807) is 7.11 Å². The van der Waals surface area contributed by atoms with Crippen LogP contribution in [-0.2, 0) is 10.2 Å². The molecule has 1 aromatic carbocycles. The summed E-state index contributed by atoms with van der Waals surface area (Å²) in [7, 11) is 1.72. The Bertz CT molecular complexity index is 569. The molecule has 1 N–H and O–H groups in total. The quantitative estimate of drug-likeness (QED) is 0.922. The van der Waals surface area contributed by atoms with Crippen molar-refractivity contribution in [3.8, 4) is 5.75 Å². The lowest BCUT2D eigenvalue weighted by molar-refractivity contribution is 0.0187. The number of benzene rings is 1. The van der Waals surface area contributed by atoms with E-state index in [1.165, 1.54) is 18.4 Å². The Kier molecular flexibility index (Phi) is 5.29. The van der Waals surface area contributed by atoms with E-state index >= 15 is 0 Å². The molecule has 0 unspecified atom stereocenters. The van der Waals surface area contributed by atoms with E-state index in [9.17, 15) is 4.79 Å². The Labute approximate surface area is 144 Å². The average molecular weight is 332 g/mol. The first kappa shape index (κ1) is 17.1. The maximum absolute atomic E-state index is 12.6. The number of nitrogens with zero attached hydrogens (tertiary/aromatic N) is 1. The zero-order valence-electron chi connectivity index (χ0n) is 14.7. The first-order chi connectivity index (χ1) is 11.7. The van der Waals surface area contributed by atoms with Crippen molar-refractivity contribution in [2.24, 2.45) is 0 Å². The fraction of sp³-hybridized carbons (Fsp3) is 0.632. The number of para-hydroxylation sites is 1. The average Bonchev–Trinajstić information content (AvgIpc) is 3.10. The van der Waals surface area contributed by atoms with Crippen molar-refractivity contribution in [3.05, 3.63) is 29.8 Å². The molecule has 3 rings (SSSR count). The van der Waals surface area contributed by atoms with Gasteiger partial charge in [0.25, 0.3) is 0 Å². The number of methoxy groups -OCH3 is 1. The molecule has 5 heteroatoms. The minimum Gasteiger partial charge on any atom is -0.496 e. The second-order valence-corrected chi connectivity index (χ2v) is 6.96. The minimum atomic E-state index is -0.0161. The van der Waals surface area contributed by atoms with Crippen LogP contribution in [0.1, 0.15) is 38.2 Å². The summed E-state index contributed by atoms with van der Waals surface area (Å²) in [4.78, 5) is 14.5. The van der Waals surface area contributed by atoms with Gasteiger partial charge >= 0.3 is 6.03 Å². The summed E-state index contributed by atoms with van der Waals surface area (Å²) in [6, 6.07) is 8.37. The van der Waals surface area contributed by atoms with Crippen LogP contribution < -0.4 is 10.1 Å². The molecule has 1 saturated heterocycles. The molecular formula is C19H28N2O3. The molecular weight excluding hydrogens is 304 g/mol. The summed E-state index contributed by atoms with van der Waals surface area (Å²) in [5.74, 6) is 0.924. The molecule has 1 aliphatic carbocycles. The predicted octanol–water partition coefficient (Wildman–Crippen LogP) is 2.94. The molecule has 1 aromatic rings. The van der Waals surface area contributed by atoms with Gasteiger partial charge in [0.05, 0.1) is 26.4 Å². The Morgan fingerprint density at radius 3 is 2.83 bits per heavy atom. The van der Waals surface area contributed by atoms with Crippen molar-refractivity contribution in [2.45, 2.75) is 44.1 Å². The molecule has 1 saturated carbocycles. The lowest BCUT2D eigenvalue weighted by Gasteiger charge is -2.36. The molecule has 5 nitrogen and oxygen atoms in total. The molecule has 0 spiro atoms. The van der Waals surface area contributed by atoms with Gasteiger partial charge in [-0.05, 0) is 25.8 Å². The van der Waals surface area contributed by atoms with E-state index in [0.717, 1.165) is 18.6 Å². The molecule has 2 aliphatic rings. The molecule has 2 fully saturated rings. The van der Waals surface area contributed by atoms with Crippen LogP contribution in [0, 0.1) is 0 Å². The maximum atomic E-state index is 12.6. The molecule has 132 valence electrons. The van der Waals surface area contributed by atoms with E-state index in [0.29, 0.717) is 26.3 Å². The molecule has 0 aromatic heterocycles. The normalized spacial score (nSPS) is 23.1. The third-order valence-electron chi connectivity index (χ3n) is 5.45. The molecule has 2 amide bonds. The number of rotatable bonds is 4. The minimum absolute atomic E-state index is 0.0161. The number of hydrogen-bond donors (Lipinski definition) is 1. The summed E-state index contributed by atoms with van der Waals surface area (Å²) in [6.45, 7) is 4.59. The van der Waals surface area contributed by atoms with Crippen molar-refractivity contribution >= 4 is 6.03 Å². The standard InChI is InChI=1S/C19H28N2O3/c1-15-13-24-12-11-21(15)18(22)20-14-19(9-5-6-10-19)16-7-3-4-8-17(16)23-2/h3-4,7-8,15H,5-6,9-14H2,1-2H3,(H,20,22)/t15-/m0/s1. The molecule has 1 heterocycles. The molecule has 0 radical (unpaired) electrons. The number of morpholine rings is 1. The van der Waals surface area contributed by atoms with Crippen LogP contribution in [0.5, 0.6) is 5.75 Å². The molecule has 0 bridgehead atoms. The zero-order valence-corrected chi connectivity index (χ0v) is 14.7. The first-order valence-electron chi connectivity index (χ1n) is 8.92. The van der Waals surface area contributed by atoms with Crippen molar-refractivity contribution in [3.63, 3.8) is 0 Å². The van der Waals surface area contributed by atoms with E-state index in [1.807, 2.05) is 24.0 Å². The topological polar surface area (TPSA) is 50.8 Å². The van der Waals surface area contributed by atoms with Gasteiger partial charge in [0, 0.05) is 24.1 Å². The first-order valence-corrected chi connectivity index (χ1v) is 8.92. The Hall–Kier alpha value is -1.75. The van der Waals surface area contributed by atoms with Gasteiger partial charge in [-0.2, -0.15) is 0 Å². The highest BCUT2D eigenvalue weighted by molar-refractivity contribution is 5.74. The molecule has 24 heavy (non-hydrogen) atoms. The SMILES string of the molecule is COc1ccccc1C1(CNC(=O)N2CCOC[C@@H]2C)CCCC1. The van der Waals surface area contributed by atoms with Gasteiger partial charge in [0.15, 0.2) is 0 Å².